The van der Waals surface area contributed by atoms with Crippen LogP contribution >= 0.6 is 8.03 Å². The highest BCUT2D eigenvalue weighted by Gasteiger charge is 2.49. The van der Waals surface area contributed by atoms with Crippen LogP contribution in [0, 0.1) is 0 Å². The number of nitrogens with zero attached hydrogens (tertiary/aromatic N) is 1. The molecule has 0 heterocycles. The second-order valence-corrected chi connectivity index (χ2v) is 6.87. The molecule has 1 N–H and O–H groups in total. The number of quaternary nitrogens is 1. The molecule has 3 nitrogen and oxygen atoms in total. The first-order valence-corrected chi connectivity index (χ1v) is 9.01. The number of benzene rings is 2. The highest BCUT2D eigenvalue weighted by molar-refractivity contribution is 7.39. The average Bonchev–Trinajstić information content (AvgIpc) is 2.56. The van der Waals surface area contributed by atoms with Gasteiger partial charge in [-0.25, -0.2) is 4.48 Å². The van der Waals surface area contributed by atoms with Crippen molar-refractivity contribution in [1.82, 2.24) is 4.48 Å². The zero-order valence-corrected chi connectivity index (χ0v) is 14.1. The van der Waals surface area contributed by atoms with Crippen LogP contribution in [0.2, 0.25) is 0 Å². The van der Waals surface area contributed by atoms with Gasteiger partial charge in [0.05, 0.1) is 13.5 Å². The van der Waals surface area contributed by atoms with E-state index in [1.54, 1.807) is 0 Å². The minimum absolute atomic E-state index is 0.347. The molecular formula is C18H24NO2P+2. The van der Waals surface area contributed by atoms with Gasteiger partial charge in [0.15, 0.2) is 0 Å². The fraction of sp³-hybridized carbons (Fsp3) is 0.333. The Morgan fingerprint density at radius 2 is 1.45 bits per heavy atom. The van der Waals surface area contributed by atoms with E-state index < -0.39 is 8.03 Å². The summed E-state index contributed by atoms with van der Waals surface area (Å²) < 4.78 is 12.5. The molecule has 0 aliphatic carbocycles. The first-order chi connectivity index (χ1) is 10.6. The summed E-state index contributed by atoms with van der Waals surface area (Å²) in [6, 6.07) is 20.0. The predicted molar refractivity (Wildman–Crippen MR) is 93.4 cm³/mol. The Labute approximate surface area is 133 Å². The van der Waals surface area contributed by atoms with Crippen LogP contribution in [0.5, 0.6) is 0 Å². The topological polar surface area (TPSA) is 37.3 Å². The molecule has 0 amide bonds. The van der Waals surface area contributed by atoms with E-state index in [9.17, 15) is 9.46 Å². The monoisotopic (exact) mass is 317 g/mol. The van der Waals surface area contributed by atoms with E-state index >= 15 is 0 Å². The van der Waals surface area contributed by atoms with Crippen molar-refractivity contribution >= 4 is 19.4 Å². The summed E-state index contributed by atoms with van der Waals surface area (Å²) in [6.45, 7) is 2.11. The molecule has 22 heavy (non-hydrogen) atoms. The Kier molecular flexibility index (Phi) is 5.84. The maximum absolute atomic E-state index is 12.1. The van der Waals surface area contributed by atoms with Gasteiger partial charge in [0, 0.05) is 0 Å². The van der Waals surface area contributed by atoms with Crippen LogP contribution in [-0.2, 0) is 4.57 Å². The Morgan fingerprint density at radius 3 is 1.82 bits per heavy atom. The van der Waals surface area contributed by atoms with Gasteiger partial charge < -0.3 is 0 Å². The summed E-state index contributed by atoms with van der Waals surface area (Å²) >= 11 is 0. The summed E-state index contributed by atoms with van der Waals surface area (Å²) in [5.41, 5.74) is 2.07. The van der Waals surface area contributed by atoms with Crippen molar-refractivity contribution in [3.63, 3.8) is 0 Å². The molecule has 0 bridgehead atoms. The van der Waals surface area contributed by atoms with Gasteiger partial charge in [0.1, 0.15) is 11.4 Å². The van der Waals surface area contributed by atoms with Crippen LogP contribution < -0.4 is 4.48 Å². The zero-order valence-electron chi connectivity index (χ0n) is 13.2. The lowest BCUT2D eigenvalue weighted by atomic mass is 10.1. The summed E-state index contributed by atoms with van der Waals surface area (Å²) in [6.07, 6.45) is 2.69. The van der Waals surface area contributed by atoms with Gasteiger partial charge in [0.2, 0.25) is 0 Å². The second kappa shape index (κ2) is 7.64. The molecule has 2 rings (SSSR count). The molecule has 0 radical (unpaired) electrons. The first-order valence-electron chi connectivity index (χ1n) is 7.73. The number of hydrogen-bond donors (Lipinski definition) is 1. The lowest BCUT2D eigenvalue weighted by molar-refractivity contribution is 0.360. The van der Waals surface area contributed by atoms with Gasteiger partial charge in [-0.2, -0.15) is 4.89 Å². The lowest BCUT2D eigenvalue weighted by Crippen LogP contribution is -2.47. The number of hydrogen-bond acceptors (Lipinski definition) is 1. The van der Waals surface area contributed by atoms with Crippen LogP contribution in [0.25, 0.3) is 0 Å². The number of rotatable bonds is 7. The minimum Gasteiger partial charge on any atom is -0.217 e. The molecule has 2 unspecified atom stereocenters. The molecular weight excluding hydrogens is 293 g/mol. The highest BCUT2D eigenvalue weighted by Crippen LogP contribution is 2.44. The van der Waals surface area contributed by atoms with Crippen molar-refractivity contribution in [2.45, 2.75) is 32.0 Å². The van der Waals surface area contributed by atoms with Crippen LogP contribution in [0.15, 0.2) is 60.7 Å². The highest BCUT2D eigenvalue weighted by atomic mass is 31.1. The van der Waals surface area contributed by atoms with Crippen molar-refractivity contribution in [3.05, 3.63) is 60.7 Å². The molecule has 0 spiro atoms. The molecule has 0 saturated heterocycles. The van der Waals surface area contributed by atoms with Gasteiger partial charge in [-0.05, 0) is 35.3 Å². The SMILES string of the molecule is CCCCC([P+](=O)O)[N+](C)(c1ccccc1)c1ccccc1. The smallest absolute Gasteiger partial charge is 0.217 e. The molecule has 2 aromatic carbocycles. The van der Waals surface area contributed by atoms with E-state index in [1.807, 2.05) is 67.7 Å². The molecule has 0 saturated carbocycles. The Morgan fingerprint density at radius 1 is 1.00 bits per heavy atom. The summed E-state index contributed by atoms with van der Waals surface area (Å²) in [5.74, 6) is -0.347. The molecule has 0 aliphatic heterocycles. The van der Waals surface area contributed by atoms with Gasteiger partial charge in [-0.15, -0.1) is 0 Å². The van der Waals surface area contributed by atoms with Crippen LogP contribution in [0.1, 0.15) is 26.2 Å². The van der Waals surface area contributed by atoms with Crippen molar-refractivity contribution in [1.29, 1.82) is 0 Å². The van der Waals surface area contributed by atoms with E-state index in [-0.39, 0.29) is 5.78 Å². The van der Waals surface area contributed by atoms with Crippen molar-refractivity contribution < 1.29 is 9.46 Å². The molecule has 116 valence electrons. The lowest BCUT2D eigenvalue weighted by Gasteiger charge is -2.34. The molecule has 4 heteroatoms. The van der Waals surface area contributed by atoms with Crippen molar-refractivity contribution in [2.24, 2.45) is 0 Å². The summed E-state index contributed by atoms with van der Waals surface area (Å²) in [7, 11) is -0.252. The van der Waals surface area contributed by atoms with Crippen LogP contribution in [0.4, 0.5) is 11.4 Å². The average molecular weight is 317 g/mol. The number of unbranched alkanes of at least 4 members (excludes halogenated alkanes) is 1. The van der Waals surface area contributed by atoms with E-state index in [1.165, 1.54) is 0 Å². The first kappa shape index (κ1) is 16.8. The molecule has 0 aromatic heterocycles. The van der Waals surface area contributed by atoms with Gasteiger partial charge in [-0.1, -0.05) is 49.7 Å². The fourth-order valence-electron chi connectivity index (χ4n) is 2.92. The van der Waals surface area contributed by atoms with E-state index in [0.29, 0.717) is 4.48 Å². The van der Waals surface area contributed by atoms with E-state index in [2.05, 4.69) is 6.92 Å². The molecule has 0 aliphatic rings. The maximum atomic E-state index is 12.1. The Hall–Kier alpha value is -1.54. The third kappa shape index (κ3) is 3.44. The van der Waals surface area contributed by atoms with Gasteiger partial charge >= 0.3 is 13.8 Å². The molecule has 2 aromatic rings. The molecule has 0 fully saturated rings. The van der Waals surface area contributed by atoms with E-state index in [4.69, 9.17) is 0 Å². The van der Waals surface area contributed by atoms with E-state index in [0.717, 1.165) is 30.6 Å². The summed E-state index contributed by atoms with van der Waals surface area (Å²) in [4.78, 5) is 9.99. The fourth-order valence-corrected chi connectivity index (χ4v) is 3.99. The standard InChI is InChI=1S/C18H23NO2P/c1-3-4-15-18(22(20)21)19(2,16-11-7-5-8-12-16)17-13-9-6-10-14-17/h5-14,18H,3-4,15H2,1-2H3/q+1/p+1. The number of para-hydroxylation sites is 2. The Balaban J connectivity index is 2.56. The third-order valence-electron chi connectivity index (χ3n) is 4.25. The van der Waals surface area contributed by atoms with Crippen molar-refractivity contribution in [3.8, 4) is 0 Å². The van der Waals surface area contributed by atoms with Crippen molar-refractivity contribution in [2.75, 3.05) is 7.05 Å². The summed E-state index contributed by atoms with van der Waals surface area (Å²) in [5, 5.41) is 0. The largest absolute Gasteiger partial charge is 0.570 e. The maximum Gasteiger partial charge on any atom is 0.570 e. The minimum atomic E-state index is -2.29. The van der Waals surface area contributed by atoms with Crippen LogP contribution in [0.3, 0.4) is 0 Å². The predicted octanol–water partition coefficient (Wildman–Crippen LogP) is 5.21. The van der Waals surface area contributed by atoms with Gasteiger partial charge in [-0.3, -0.25) is 0 Å². The second-order valence-electron chi connectivity index (χ2n) is 5.67. The van der Waals surface area contributed by atoms with Crippen LogP contribution in [-0.4, -0.2) is 17.7 Å². The normalized spacial score (nSPS) is 13.7. The Bertz CT molecular complexity index is 561. The van der Waals surface area contributed by atoms with Gasteiger partial charge in [0.25, 0.3) is 0 Å². The quantitative estimate of drug-likeness (QED) is 0.562. The molecule has 2 atom stereocenters. The third-order valence-corrected chi connectivity index (χ3v) is 5.48. The zero-order chi connectivity index (χ0) is 16.0.